The van der Waals surface area contributed by atoms with Gasteiger partial charge in [-0.25, -0.2) is 4.39 Å². The van der Waals surface area contributed by atoms with Gasteiger partial charge in [0.05, 0.1) is 26.7 Å². The average molecular weight is 614 g/mol. The number of halogens is 1. The van der Waals surface area contributed by atoms with Gasteiger partial charge in [-0.05, 0) is 61.2 Å². The second kappa shape index (κ2) is 12.3. The van der Waals surface area contributed by atoms with E-state index in [-0.39, 0.29) is 23.9 Å². The molecule has 228 valence electrons. The summed E-state index contributed by atoms with van der Waals surface area (Å²) in [5, 5.41) is 0. The molecule has 0 unspecified atom stereocenters. The number of benzene rings is 1. The molecule has 0 radical (unpaired) electrons. The molecule has 0 N–H and O–H groups in total. The lowest BCUT2D eigenvalue weighted by Crippen LogP contribution is -2.57. The van der Waals surface area contributed by atoms with Crippen molar-refractivity contribution in [3.8, 4) is 22.1 Å². The molecule has 3 aliphatic rings. The Morgan fingerprint density at radius 3 is 2.50 bits per heavy atom. The summed E-state index contributed by atoms with van der Waals surface area (Å²) in [6, 6.07) is 12.6. The summed E-state index contributed by atoms with van der Waals surface area (Å²) in [6.45, 7) is 5.89. The van der Waals surface area contributed by atoms with Crippen molar-refractivity contribution in [2.45, 2.75) is 32.2 Å². The van der Waals surface area contributed by atoms with Crippen molar-refractivity contribution in [3.05, 3.63) is 71.8 Å². The van der Waals surface area contributed by atoms with E-state index in [2.05, 4.69) is 27.9 Å². The van der Waals surface area contributed by atoms with Crippen molar-refractivity contribution < 1.29 is 18.7 Å². The number of hydrogen-bond acceptors (Lipinski definition) is 8. The molecule has 8 nitrogen and oxygen atoms in total. The molecule has 2 aliphatic heterocycles. The molecule has 0 bridgehead atoms. The van der Waals surface area contributed by atoms with Crippen LogP contribution in [0.25, 0.3) is 20.8 Å². The fraction of sp³-hybridized carbons (Fsp3) is 0.412. The number of fused-ring (bicyclic) bond motifs is 1. The van der Waals surface area contributed by atoms with Gasteiger partial charge in [0.2, 0.25) is 5.91 Å². The van der Waals surface area contributed by atoms with Crippen LogP contribution in [-0.4, -0.2) is 82.7 Å². The zero-order chi connectivity index (χ0) is 30.2. The van der Waals surface area contributed by atoms with Gasteiger partial charge in [-0.3, -0.25) is 24.5 Å². The van der Waals surface area contributed by atoms with Gasteiger partial charge in [0, 0.05) is 77.1 Å². The maximum Gasteiger partial charge on any atom is 0.228 e. The number of amides is 1. The Labute approximate surface area is 260 Å². The minimum Gasteiger partial charge on any atom is -0.453 e. The van der Waals surface area contributed by atoms with Crippen molar-refractivity contribution in [2.24, 2.45) is 11.8 Å². The first kappa shape index (κ1) is 29.0. The number of aromatic nitrogens is 2. The molecule has 0 atom stereocenters. The molecule has 1 amide bonds. The van der Waals surface area contributed by atoms with Gasteiger partial charge in [-0.15, -0.1) is 11.3 Å². The molecule has 1 saturated carbocycles. The molecule has 1 aliphatic carbocycles. The second-order valence-electron chi connectivity index (χ2n) is 12.4. The third-order valence-electron chi connectivity index (χ3n) is 8.81. The topological polar surface area (TPSA) is 78.9 Å². The number of piperazine rings is 1. The van der Waals surface area contributed by atoms with E-state index < -0.39 is 5.82 Å². The van der Waals surface area contributed by atoms with E-state index in [1.54, 1.807) is 24.4 Å². The first-order valence-electron chi connectivity index (χ1n) is 15.4. The minimum atomic E-state index is -0.488. The zero-order valence-corrected chi connectivity index (χ0v) is 25.7. The summed E-state index contributed by atoms with van der Waals surface area (Å²) in [4.78, 5) is 41.7. The Morgan fingerprint density at radius 1 is 0.977 bits per heavy atom. The first-order valence-corrected chi connectivity index (χ1v) is 16.2. The molecule has 3 fully saturated rings. The Kier molecular flexibility index (Phi) is 8.14. The van der Waals surface area contributed by atoms with Crippen LogP contribution in [0.2, 0.25) is 0 Å². The van der Waals surface area contributed by atoms with Gasteiger partial charge < -0.3 is 14.5 Å². The molecule has 4 aromatic rings. The van der Waals surface area contributed by atoms with Gasteiger partial charge in [-0.1, -0.05) is 12.1 Å². The molecular formula is C34H36FN5O3S. The van der Waals surface area contributed by atoms with Gasteiger partial charge in [0.15, 0.2) is 11.6 Å². The maximum atomic E-state index is 15.0. The highest BCUT2D eigenvalue weighted by atomic mass is 32.1. The van der Waals surface area contributed by atoms with Crippen LogP contribution in [0.3, 0.4) is 0 Å². The van der Waals surface area contributed by atoms with Crippen LogP contribution in [0.4, 0.5) is 4.39 Å². The summed E-state index contributed by atoms with van der Waals surface area (Å²) in [6.07, 6.45) is 6.64. The fourth-order valence-corrected chi connectivity index (χ4v) is 7.03. The molecule has 5 heterocycles. The SMILES string of the molecule is CN1CCN(C(=O)C2CN(Cc3ccc(-c4cc5nccc(Oc6ccc(CC(=O)CC7CC7)cc6F)c5s4)nc3)C2)CC1. The second-order valence-corrected chi connectivity index (χ2v) is 13.5. The van der Waals surface area contributed by atoms with Crippen molar-refractivity contribution in [3.63, 3.8) is 0 Å². The predicted octanol–water partition coefficient (Wildman–Crippen LogP) is 5.41. The average Bonchev–Trinajstić information content (AvgIpc) is 3.70. The summed E-state index contributed by atoms with van der Waals surface area (Å²) >= 11 is 1.51. The number of ketones is 1. The largest absolute Gasteiger partial charge is 0.453 e. The number of hydrogen-bond donors (Lipinski definition) is 0. The quantitative estimate of drug-likeness (QED) is 0.237. The van der Waals surface area contributed by atoms with E-state index in [1.165, 1.54) is 17.4 Å². The van der Waals surface area contributed by atoms with Crippen LogP contribution in [-0.2, 0) is 22.6 Å². The van der Waals surface area contributed by atoms with Gasteiger partial charge in [-0.2, -0.15) is 0 Å². The number of carbonyl (C=O) groups is 2. The van der Waals surface area contributed by atoms with Crippen molar-refractivity contribution in [2.75, 3.05) is 46.3 Å². The number of likely N-dealkylation sites (tertiary alicyclic amines) is 1. The van der Waals surface area contributed by atoms with Crippen molar-refractivity contribution in [1.29, 1.82) is 0 Å². The smallest absolute Gasteiger partial charge is 0.228 e. The highest BCUT2D eigenvalue weighted by Crippen LogP contribution is 2.39. The molecule has 3 aromatic heterocycles. The van der Waals surface area contributed by atoms with Gasteiger partial charge in [0.1, 0.15) is 11.5 Å². The van der Waals surface area contributed by atoms with E-state index in [1.807, 2.05) is 23.2 Å². The van der Waals surface area contributed by atoms with Gasteiger partial charge >= 0.3 is 0 Å². The van der Waals surface area contributed by atoms with Crippen LogP contribution in [0.15, 0.2) is 54.9 Å². The van der Waals surface area contributed by atoms with E-state index in [0.717, 1.165) is 85.0 Å². The molecule has 2 saturated heterocycles. The maximum absolute atomic E-state index is 15.0. The Balaban J connectivity index is 0.969. The van der Waals surface area contributed by atoms with Crippen molar-refractivity contribution >= 4 is 33.2 Å². The van der Waals surface area contributed by atoms with E-state index in [4.69, 9.17) is 9.72 Å². The number of nitrogens with zero attached hydrogens (tertiary/aromatic N) is 5. The van der Waals surface area contributed by atoms with Gasteiger partial charge in [0.25, 0.3) is 0 Å². The predicted molar refractivity (Wildman–Crippen MR) is 168 cm³/mol. The van der Waals surface area contributed by atoms with Crippen LogP contribution < -0.4 is 4.74 Å². The summed E-state index contributed by atoms with van der Waals surface area (Å²) in [5.41, 5.74) is 3.37. The van der Waals surface area contributed by atoms with Crippen LogP contribution >= 0.6 is 11.3 Å². The number of rotatable bonds is 10. The number of carbonyl (C=O) groups excluding carboxylic acids is 2. The van der Waals surface area contributed by atoms with E-state index in [9.17, 15) is 14.0 Å². The van der Waals surface area contributed by atoms with Crippen LogP contribution in [0, 0.1) is 17.7 Å². The van der Waals surface area contributed by atoms with Crippen LogP contribution in [0.5, 0.6) is 11.5 Å². The highest BCUT2D eigenvalue weighted by molar-refractivity contribution is 7.22. The molecule has 7 rings (SSSR count). The standard InChI is InChI=1S/C34H36FN5O3S/c1-38-10-12-40(13-11-38)34(42)25-20-39(21-25)19-24-4-6-28(37-18-24)32-17-29-33(44-32)31(8-9-36-29)43-30-7-5-23(16-27(30)35)15-26(41)14-22-2-3-22/h4-9,16-18,22,25H,2-3,10-15,19-21H2,1H3. The molecule has 10 heteroatoms. The normalized spacial score (nSPS) is 18.0. The lowest BCUT2D eigenvalue weighted by atomic mass is 9.97. The number of pyridine rings is 2. The summed E-state index contributed by atoms with van der Waals surface area (Å²) < 4.78 is 21.8. The molecular weight excluding hydrogens is 577 g/mol. The minimum absolute atomic E-state index is 0.0978. The molecule has 44 heavy (non-hydrogen) atoms. The molecule has 1 aromatic carbocycles. The number of Topliss-reactive ketones (excluding diaryl/α,β-unsaturated/α-hetero) is 1. The van der Waals surface area contributed by atoms with Crippen LogP contribution in [0.1, 0.15) is 30.4 Å². The Bertz CT molecular complexity index is 1670. The monoisotopic (exact) mass is 613 g/mol. The lowest BCUT2D eigenvalue weighted by molar-refractivity contribution is -0.143. The molecule has 0 spiro atoms. The third-order valence-corrected chi connectivity index (χ3v) is 9.97. The summed E-state index contributed by atoms with van der Waals surface area (Å²) in [5.74, 6) is 1.23. The third kappa shape index (κ3) is 6.52. The summed E-state index contributed by atoms with van der Waals surface area (Å²) in [7, 11) is 2.10. The van der Waals surface area contributed by atoms with E-state index >= 15 is 0 Å². The number of thiophene rings is 1. The Morgan fingerprint density at radius 2 is 1.77 bits per heavy atom. The fourth-order valence-electron chi connectivity index (χ4n) is 5.98. The van der Waals surface area contributed by atoms with E-state index in [0.29, 0.717) is 29.6 Å². The zero-order valence-electron chi connectivity index (χ0n) is 24.9. The Hall–Kier alpha value is -3.73. The number of likely N-dealkylation sites (N-methyl/N-ethyl adjacent to an activating group) is 1. The lowest BCUT2D eigenvalue weighted by Gasteiger charge is -2.42. The highest BCUT2D eigenvalue weighted by Gasteiger charge is 2.36. The number of ether oxygens (including phenoxy) is 1. The van der Waals surface area contributed by atoms with Crippen molar-refractivity contribution in [1.82, 2.24) is 24.7 Å². The first-order chi connectivity index (χ1) is 21.4.